The maximum atomic E-state index is 11.8. The Morgan fingerprint density at radius 3 is 2.84 bits per heavy atom. The molecule has 2 rings (SSSR count). The smallest absolute Gasteiger partial charge is 0.330 e. The van der Waals surface area contributed by atoms with Gasteiger partial charge in [0.2, 0.25) is 0 Å². The lowest BCUT2D eigenvalue weighted by Crippen LogP contribution is -2.24. The second-order valence-electron chi connectivity index (χ2n) is 5.51. The molecule has 1 atom stereocenters. The van der Waals surface area contributed by atoms with E-state index in [1.807, 2.05) is 0 Å². The Labute approximate surface area is 147 Å². The first-order valence-corrected chi connectivity index (χ1v) is 8.42. The fourth-order valence-corrected chi connectivity index (χ4v) is 2.21. The fraction of sp³-hybridized carbons (Fsp3) is 0.421. The van der Waals surface area contributed by atoms with E-state index in [1.54, 1.807) is 37.4 Å². The van der Waals surface area contributed by atoms with E-state index < -0.39 is 0 Å². The van der Waals surface area contributed by atoms with Crippen molar-refractivity contribution in [1.29, 1.82) is 0 Å². The van der Waals surface area contributed by atoms with E-state index in [0.717, 1.165) is 24.8 Å². The van der Waals surface area contributed by atoms with Crippen LogP contribution in [0, 0.1) is 0 Å². The van der Waals surface area contributed by atoms with Gasteiger partial charge in [-0.1, -0.05) is 6.07 Å². The van der Waals surface area contributed by atoms with Crippen molar-refractivity contribution in [2.45, 2.75) is 32.5 Å². The lowest BCUT2D eigenvalue weighted by Gasteiger charge is -2.21. The van der Waals surface area contributed by atoms with Gasteiger partial charge in [-0.2, -0.15) is 0 Å². The Balaban J connectivity index is 1.78. The average molecular weight is 345 g/mol. The van der Waals surface area contributed by atoms with Crippen LogP contribution in [0.3, 0.4) is 0 Å². The van der Waals surface area contributed by atoms with Crippen LogP contribution in [0.1, 0.15) is 37.4 Å². The first-order chi connectivity index (χ1) is 12.2. The summed E-state index contributed by atoms with van der Waals surface area (Å²) in [5, 5.41) is 0. The van der Waals surface area contributed by atoms with E-state index in [4.69, 9.17) is 14.2 Å². The molecular weight excluding hydrogens is 322 g/mol. The summed E-state index contributed by atoms with van der Waals surface area (Å²) in [5.74, 6) is -0.527. The lowest BCUT2D eigenvalue weighted by molar-refractivity contribution is -0.167. The van der Waals surface area contributed by atoms with Gasteiger partial charge in [0.25, 0.3) is 0 Å². The Hall–Kier alpha value is -2.31. The molecule has 0 amide bonds. The fourth-order valence-electron chi connectivity index (χ4n) is 2.21. The molecule has 1 aliphatic heterocycles. The molecule has 0 radical (unpaired) electrons. The number of hydrogen-bond donors (Lipinski definition) is 0. The van der Waals surface area contributed by atoms with E-state index in [9.17, 15) is 9.59 Å². The summed E-state index contributed by atoms with van der Waals surface area (Å²) in [4.78, 5) is 27.3. The van der Waals surface area contributed by atoms with Crippen molar-refractivity contribution in [3.05, 3.63) is 41.7 Å². The van der Waals surface area contributed by atoms with Gasteiger partial charge in [0, 0.05) is 18.9 Å². The summed E-state index contributed by atoms with van der Waals surface area (Å²) in [6.45, 7) is 2.79. The number of aromatic nitrogens is 1. The van der Waals surface area contributed by atoms with Gasteiger partial charge in [-0.15, -0.1) is 0 Å². The average Bonchev–Trinajstić information content (AvgIpc) is 2.65. The topological polar surface area (TPSA) is 74.7 Å². The Kier molecular flexibility index (Phi) is 8.01. The van der Waals surface area contributed by atoms with Crippen LogP contribution in [-0.2, 0) is 23.8 Å². The van der Waals surface area contributed by atoms with Crippen molar-refractivity contribution in [1.82, 2.24) is 4.98 Å². The molecule has 0 N–H and O–H groups in total. The molecule has 0 aliphatic carbocycles. The van der Waals surface area contributed by atoms with Gasteiger partial charge in [0.15, 0.2) is 12.1 Å². The molecule has 1 aliphatic rings. The molecule has 25 heavy (non-hydrogen) atoms. The first-order valence-electron chi connectivity index (χ1n) is 8.42. The third-order valence-corrected chi connectivity index (χ3v) is 3.50. The second kappa shape index (κ2) is 10.5. The number of esters is 1. The minimum Gasteiger partial charge on any atom is -0.463 e. The number of hydrogen-bond acceptors (Lipinski definition) is 6. The molecule has 2 heterocycles. The number of ketones is 1. The normalized spacial score (nSPS) is 17.9. The Morgan fingerprint density at radius 2 is 2.16 bits per heavy atom. The molecule has 1 unspecified atom stereocenters. The summed E-state index contributed by atoms with van der Waals surface area (Å²) in [7, 11) is 0. The lowest BCUT2D eigenvalue weighted by atomic mass is 10.2. The quantitative estimate of drug-likeness (QED) is 0.533. The summed E-state index contributed by atoms with van der Waals surface area (Å²) in [6.07, 6.45) is 10.3. The zero-order valence-corrected chi connectivity index (χ0v) is 14.3. The Morgan fingerprint density at radius 1 is 1.28 bits per heavy atom. The minimum atomic E-state index is -0.390. The van der Waals surface area contributed by atoms with Gasteiger partial charge in [-0.3, -0.25) is 9.78 Å². The molecule has 1 fully saturated rings. The highest BCUT2D eigenvalue weighted by molar-refractivity contribution is 5.94. The third-order valence-electron chi connectivity index (χ3n) is 3.50. The SMILES string of the molecule is CCOC(=O)/C=C/c1ccc(/C=C/C(=O)COC2CCCCO2)nc1. The largest absolute Gasteiger partial charge is 0.463 e. The number of carbonyl (C=O) groups excluding carboxylic acids is 2. The van der Waals surface area contributed by atoms with E-state index in [0.29, 0.717) is 18.9 Å². The molecule has 0 spiro atoms. The van der Waals surface area contributed by atoms with Crippen molar-refractivity contribution in [2.24, 2.45) is 0 Å². The van der Waals surface area contributed by atoms with Crippen molar-refractivity contribution < 1.29 is 23.8 Å². The van der Waals surface area contributed by atoms with Crippen molar-refractivity contribution in [2.75, 3.05) is 19.8 Å². The predicted molar refractivity (Wildman–Crippen MR) is 93.5 cm³/mol. The highest BCUT2D eigenvalue weighted by atomic mass is 16.7. The van der Waals surface area contributed by atoms with E-state index in [1.165, 1.54) is 12.2 Å². The van der Waals surface area contributed by atoms with Gasteiger partial charge in [-0.05, 0) is 56.0 Å². The molecule has 1 aromatic heterocycles. The highest BCUT2D eigenvalue weighted by Crippen LogP contribution is 2.13. The standard InChI is InChI=1S/C19H23NO5/c1-2-23-18(22)11-7-15-6-8-16(20-13-15)9-10-17(21)14-25-19-5-3-4-12-24-19/h6-11,13,19H,2-5,12,14H2,1H3/b10-9+,11-7+. The number of carbonyl (C=O) groups is 2. The third kappa shape index (κ3) is 7.41. The zero-order chi connectivity index (χ0) is 17.9. The van der Waals surface area contributed by atoms with Crippen molar-refractivity contribution in [3.63, 3.8) is 0 Å². The predicted octanol–water partition coefficient (Wildman–Crippen LogP) is 2.78. The van der Waals surface area contributed by atoms with Gasteiger partial charge in [0.1, 0.15) is 6.61 Å². The number of pyridine rings is 1. The highest BCUT2D eigenvalue weighted by Gasteiger charge is 2.14. The summed E-state index contributed by atoms with van der Waals surface area (Å²) in [5.41, 5.74) is 1.42. The molecule has 0 saturated carbocycles. The van der Waals surface area contributed by atoms with E-state index in [2.05, 4.69) is 4.98 Å². The first kappa shape index (κ1) is 19.0. The molecule has 1 saturated heterocycles. The molecule has 6 nitrogen and oxygen atoms in total. The molecular formula is C19H23NO5. The molecule has 0 aromatic carbocycles. The molecule has 134 valence electrons. The molecule has 6 heteroatoms. The second-order valence-corrected chi connectivity index (χ2v) is 5.51. The molecule has 0 bridgehead atoms. The minimum absolute atomic E-state index is 0.00152. The summed E-state index contributed by atoms with van der Waals surface area (Å²) in [6, 6.07) is 3.57. The van der Waals surface area contributed by atoms with E-state index in [-0.39, 0.29) is 24.6 Å². The van der Waals surface area contributed by atoms with Crippen LogP contribution in [0.5, 0.6) is 0 Å². The summed E-state index contributed by atoms with van der Waals surface area (Å²) < 4.78 is 15.6. The zero-order valence-electron chi connectivity index (χ0n) is 14.3. The monoisotopic (exact) mass is 345 g/mol. The van der Waals surface area contributed by atoms with Crippen molar-refractivity contribution in [3.8, 4) is 0 Å². The van der Waals surface area contributed by atoms with Crippen LogP contribution in [-0.4, -0.2) is 42.8 Å². The van der Waals surface area contributed by atoms with Crippen LogP contribution in [0.2, 0.25) is 0 Å². The van der Waals surface area contributed by atoms with Crippen LogP contribution < -0.4 is 0 Å². The van der Waals surface area contributed by atoms with Crippen molar-refractivity contribution >= 4 is 23.9 Å². The van der Waals surface area contributed by atoms with Crippen LogP contribution in [0.15, 0.2) is 30.5 Å². The van der Waals surface area contributed by atoms with Crippen LogP contribution in [0.25, 0.3) is 12.2 Å². The van der Waals surface area contributed by atoms with Crippen LogP contribution >= 0.6 is 0 Å². The summed E-state index contributed by atoms with van der Waals surface area (Å²) >= 11 is 0. The number of rotatable bonds is 8. The number of ether oxygens (including phenoxy) is 3. The van der Waals surface area contributed by atoms with Gasteiger partial charge >= 0.3 is 5.97 Å². The van der Waals surface area contributed by atoms with Gasteiger partial charge in [0.05, 0.1) is 12.3 Å². The number of nitrogens with zero attached hydrogens (tertiary/aromatic N) is 1. The van der Waals surface area contributed by atoms with Gasteiger partial charge in [-0.25, -0.2) is 4.79 Å². The van der Waals surface area contributed by atoms with Crippen LogP contribution in [0.4, 0.5) is 0 Å². The molecule has 1 aromatic rings. The van der Waals surface area contributed by atoms with Gasteiger partial charge < -0.3 is 14.2 Å². The Bertz CT molecular complexity index is 615. The maximum absolute atomic E-state index is 11.8. The maximum Gasteiger partial charge on any atom is 0.330 e. The van der Waals surface area contributed by atoms with E-state index >= 15 is 0 Å².